The van der Waals surface area contributed by atoms with E-state index in [0.717, 1.165) is 18.4 Å². The van der Waals surface area contributed by atoms with E-state index in [1.165, 1.54) is 25.7 Å². The summed E-state index contributed by atoms with van der Waals surface area (Å²) in [4.78, 5) is 0. The van der Waals surface area contributed by atoms with Crippen LogP contribution in [0.15, 0.2) is 0 Å². The number of nitrogens with two attached hydrogens (primary N) is 1. The van der Waals surface area contributed by atoms with Crippen LogP contribution in [0.2, 0.25) is 0 Å². The first-order chi connectivity index (χ1) is 6.24. The molecule has 0 atom stereocenters. The molecule has 0 radical (unpaired) electrons. The van der Waals surface area contributed by atoms with Crippen molar-refractivity contribution >= 4 is 0 Å². The van der Waals surface area contributed by atoms with Gasteiger partial charge in [-0.05, 0) is 37.5 Å². The van der Waals surface area contributed by atoms with Crippen molar-refractivity contribution in [1.29, 1.82) is 0 Å². The molecule has 0 heterocycles. The highest BCUT2D eigenvalue weighted by Crippen LogP contribution is 2.30. The maximum Gasteiger partial charge on any atom is 0.0592 e. The van der Waals surface area contributed by atoms with Gasteiger partial charge < -0.3 is 10.5 Å². The summed E-state index contributed by atoms with van der Waals surface area (Å²) in [5.41, 5.74) is 5.40. The molecule has 0 amide bonds. The minimum absolute atomic E-state index is 0.499. The molecule has 1 fully saturated rings. The summed E-state index contributed by atoms with van der Waals surface area (Å²) in [5.74, 6) is 1.77. The third-order valence-corrected chi connectivity index (χ3v) is 3.13. The fourth-order valence-corrected chi connectivity index (χ4v) is 2.16. The number of ether oxygens (including phenoxy) is 1. The zero-order valence-electron chi connectivity index (χ0n) is 8.96. The molecule has 2 nitrogen and oxygen atoms in total. The second kappa shape index (κ2) is 5.61. The number of rotatable bonds is 4. The summed E-state index contributed by atoms with van der Waals surface area (Å²) in [6.07, 6.45) is 5.66. The normalized spacial score (nSPS) is 29.5. The lowest BCUT2D eigenvalue weighted by atomic mass is 9.80. The molecule has 0 saturated heterocycles. The summed E-state index contributed by atoms with van der Waals surface area (Å²) >= 11 is 0. The Morgan fingerprint density at radius 2 is 1.85 bits per heavy atom. The molecule has 13 heavy (non-hydrogen) atoms. The Kier molecular flexibility index (Phi) is 4.74. The molecule has 0 unspecified atom stereocenters. The van der Waals surface area contributed by atoms with Crippen molar-refractivity contribution in [2.75, 3.05) is 13.2 Å². The largest absolute Gasteiger partial charge is 0.377 e. The molecule has 78 valence electrons. The van der Waals surface area contributed by atoms with E-state index in [2.05, 4.69) is 13.8 Å². The molecule has 0 bridgehead atoms. The van der Waals surface area contributed by atoms with E-state index in [1.54, 1.807) is 0 Å². The predicted molar refractivity (Wildman–Crippen MR) is 55.6 cm³/mol. The monoisotopic (exact) mass is 185 g/mol. The zero-order valence-corrected chi connectivity index (χ0v) is 8.96. The van der Waals surface area contributed by atoms with Crippen molar-refractivity contribution in [3.05, 3.63) is 0 Å². The van der Waals surface area contributed by atoms with Crippen LogP contribution in [-0.2, 0) is 4.74 Å². The van der Waals surface area contributed by atoms with Crippen molar-refractivity contribution in [2.24, 2.45) is 17.6 Å². The molecule has 1 aliphatic carbocycles. The second-order valence-electron chi connectivity index (χ2n) is 4.44. The van der Waals surface area contributed by atoms with Crippen molar-refractivity contribution < 1.29 is 4.74 Å². The van der Waals surface area contributed by atoms with E-state index in [0.29, 0.717) is 12.6 Å². The SMILES string of the molecule is CC(C)C1CCC(OCCN)CC1. The Balaban J connectivity index is 2.15. The quantitative estimate of drug-likeness (QED) is 0.728. The van der Waals surface area contributed by atoms with E-state index in [-0.39, 0.29) is 0 Å². The molecule has 0 aromatic carbocycles. The lowest BCUT2D eigenvalue weighted by Gasteiger charge is -2.30. The average Bonchev–Trinajstić information content (AvgIpc) is 2.15. The number of hydrogen-bond donors (Lipinski definition) is 1. The van der Waals surface area contributed by atoms with Crippen molar-refractivity contribution in [2.45, 2.75) is 45.6 Å². The highest BCUT2D eigenvalue weighted by Gasteiger charge is 2.23. The Morgan fingerprint density at radius 3 is 2.31 bits per heavy atom. The molecule has 2 heteroatoms. The van der Waals surface area contributed by atoms with Crippen molar-refractivity contribution in [3.8, 4) is 0 Å². The minimum atomic E-state index is 0.499. The van der Waals surface area contributed by atoms with Gasteiger partial charge in [-0.25, -0.2) is 0 Å². The first kappa shape index (κ1) is 11.0. The van der Waals surface area contributed by atoms with Gasteiger partial charge in [-0.3, -0.25) is 0 Å². The molecular weight excluding hydrogens is 162 g/mol. The summed E-state index contributed by atoms with van der Waals surface area (Å²) in [6.45, 7) is 6.04. The molecule has 0 spiro atoms. The topological polar surface area (TPSA) is 35.2 Å². The van der Waals surface area contributed by atoms with Crippen LogP contribution in [0.4, 0.5) is 0 Å². The third-order valence-electron chi connectivity index (χ3n) is 3.13. The maximum atomic E-state index is 5.64. The Bertz CT molecular complexity index is 128. The van der Waals surface area contributed by atoms with Gasteiger partial charge in [-0.15, -0.1) is 0 Å². The standard InChI is InChI=1S/C11H23NO/c1-9(2)10-3-5-11(6-4-10)13-8-7-12/h9-11H,3-8,12H2,1-2H3. The first-order valence-electron chi connectivity index (χ1n) is 5.55. The highest BCUT2D eigenvalue weighted by atomic mass is 16.5. The first-order valence-corrected chi connectivity index (χ1v) is 5.55. The minimum Gasteiger partial charge on any atom is -0.377 e. The highest BCUT2D eigenvalue weighted by molar-refractivity contribution is 4.74. The summed E-state index contributed by atoms with van der Waals surface area (Å²) in [5, 5.41) is 0. The van der Waals surface area contributed by atoms with Crippen LogP contribution >= 0.6 is 0 Å². The van der Waals surface area contributed by atoms with Gasteiger partial charge in [0.1, 0.15) is 0 Å². The number of hydrogen-bond acceptors (Lipinski definition) is 2. The van der Waals surface area contributed by atoms with Crippen molar-refractivity contribution in [3.63, 3.8) is 0 Å². The fourth-order valence-electron chi connectivity index (χ4n) is 2.16. The van der Waals surface area contributed by atoms with E-state index in [4.69, 9.17) is 10.5 Å². The van der Waals surface area contributed by atoms with Crippen LogP contribution in [0.5, 0.6) is 0 Å². The van der Waals surface area contributed by atoms with Gasteiger partial charge in [0.2, 0.25) is 0 Å². The van der Waals surface area contributed by atoms with Gasteiger partial charge in [-0.1, -0.05) is 13.8 Å². The summed E-state index contributed by atoms with van der Waals surface area (Å²) in [6, 6.07) is 0. The van der Waals surface area contributed by atoms with Gasteiger partial charge in [0.25, 0.3) is 0 Å². The second-order valence-corrected chi connectivity index (χ2v) is 4.44. The smallest absolute Gasteiger partial charge is 0.0592 e. The maximum absolute atomic E-state index is 5.64. The Labute approximate surface area is 81.8 Å². The van der Waals surface area contributed by atoms with Crippen LogP contribution in [-0.4, -0.2) is 19.3 Å². The summed E-state index contributed by atoms with van der Waals surface area (Å²) < 4.78 is 5.64. The third kappa shape index (κ3) is 3.65. The van der Waals surface area contributed by atoms with Gasteiger partial charge >= 0.3 is 0 Å². The van der Waals surface area contributed by atoms with Crippen LogP contribution in [0, 0.1) is 11.8 Å². The lowest BCUT2D eigenvalue weighted by molar-refractivity contribution is 0.0173. The van der Waals surface area contributed by atoms with E-state index in [1.807, 2.05) is 0 Å². The summed E-state index contributed by atoms with van der Waals surface area (Å²) in [7, 11) is 0. The molecule has 0 aromatic heterocycles. The average molecular weight is 185 g/mol. The lowest BCUT2D eigenvalue weighted by Crippen LogP contribution is -2.26. The van der Waals surface area contributed by atoms with Crippen LogP contribution < -0.4 is 5.73 Å². The van der Waals surface area contributed by atoms with Crippen LogP contribution in [0.25, 0.3) is 0 Å². The Hall–Kier alpha value is -0.0800. The zero-order chi connectivity index (χ0) is 9.68. The molecule has 1 saturated carbocycles. The van der Waals surface area contributed by atoms with Gasteiger partial charge in [0.05, 0.1) is 12.7 Å². The van der Waals surface area contributed by atoms with E-state index in [9.17, 15) is 0 Å². The van der Waals surface area contributed by atoms with E-state index >= 15 is 0 Å². The Morgan fingerprint density at radius 1 is 1.23 bits per heavy atom. The molecule has 1 aliphatic rings. The van der Waals surface area contributed by atoms with Gasteiger partial charge in [0.15, 0.2) is 0 Å². The molecule has 0 aliphatic heterocycles. The van der Waals surface area contributed by atoms with Gasteiger partial charge in [-0.2, -0.15) is 0 Å². The van der Waals surface area contributed by atoms with E-state index < -0.39 is 0 Å². The molecule has 0 aromatic rings. The van der Waals surface area contributed by atoms with Crippen LogP contribution in [0.1, 0.15) is 39.5 Å². The molecule has 1 rings (SSSR count). The fraction of sp³-hybridized carbons (Fsp3) is 1.00. The van der Waals surface area contributed by atoms with Crippen molar-refractivity contribution in [1.82, 2.24) is 0 Å². The predicted octanol–water partition coefficient (Wildman–Crippen LogP) is 2.18. The molecule has 2 N–H and O–H groups in total. The molecular formula is C11H23NO. The van der Waals surface area contributed by atoms with Gasteiger partial charge in [0, 0.05) is 6.54 Å². The van der Waals surface area contributed by atoms with Crippen LogP contribution in [0.3, 0.4) is 0 Å².